The standard InChI is InChI=1S/C8H7NO3/c1-2-6-4-3-5-7(8(6)10)9(11)12/h2-5,10H,1H2. The van der Waals surface area contributed by atoms with Gasteiger partial charge in [0.1, 0.15) is 0 Å². The van der Waals surface area contributed by atoms with Gasteiger partial charge in [0.15, 0.2) is 0 Å². The van der Waals surface area contributed by atoms with E-state index in [1.165, 1.54) is 18.2 Å². The second-order valence-electron chi connectivity index (χ2n) is 2.18. The SMILES string of the molecule is C=Cc1cccc([N+](=O)[O-])c1O. The predicted octanol–water partition coefficient (Wildman–Crippen LogP) is 1.94. The van der Waals surface area contributed by atoms with Crippen molar-refractivity contribution in [3.8, 4) is 5.75 Å². The molecule has 0 aromatic heterocycles. The lowest BCUT2D eigenvalue weighted by molar-refractivity contribution is -0.385. The first-order valence-corrected chi connectivity index (χ1v) is 3.25. The minimum atomic E-state index is -0.637. The fraction of sp³-hybridized carbons (Fsp3) is 0. The first kappa shape index (κ1) is 8.26. The van der Waals surface area contributed by atoms with Gasteiger partial charge in [-0.25, -0.2) is 0 Å². The Bertz CT molecular complexity index is 333. The summed E-state index contributed by atoms with van der Waals surface area (Å²) in [5.41, 5.74) is 0.0663. The van der Waals surface area contributed by atoms with E-state index >= 15 is 0 Å². The van der Waals surface area contributed by atoms with Crippen LogP contribution in [0.5, 0.6) is 5.75 Å². The molecule has 12 heavy (non-hydrogen) atoms. The van der Waals surface area contributed by atoms with Crippen molar-refractivity contribution in [3.63, 3.8) is 0 Å². The maximum atomic E-state index is 10.3. The fourth-order valence-electron chi connectivity index (χ4n) is 0.861. The van der Waals surface area contributed by atoms with Gasteiger partial charge < -0.3 is 5.11 Å². The summed E-state index contributed by atoms with van der Waals surface area (Å²) in [6, 6.07) is 4.28. The molecule has 0 heterocycles. The second kappa shape index (κ2) is 3.04. The van der Waals surface area contributed by atoms with Crippen LogP contribution in [0.25, 0.3) is 6.08 Å². The van der Waals surface area contributed by atoms with Crippen LogP contribution in [0.15, 0.2) is 24.8 Å². The lowest BCUT2D eigenvalue weighted by atomic mass is 10.2. The molecule has 0 atom stereocenters. The molecule has 0 bridgehead atoms. The number of benzene rings is 1. The van der Waals surface area contributed by atoms with E-state index in [2.05, 4.69) is 6.58 Å². The summed E-state index contributed by atoms with van der Waals surface area (Å²) < 4.78 is 0. The molecule has 0 radical (unpaired) electrons. The number of nitro benzene ring substituents is 1. The molecule has 1 rings (SSSR count). The van der Waals surface area contributed by atoms with Crippen molar-refractivity contribution in [2.75, 3.05) is 0 Å². The third-order valence-corrected chi connectivity index (χ3v) is 1.46. The van der Waals surface area contributed by atoms with E-state index in [1.54, 1.807) is 6.07 Å². The highest BCUT2D eigenvalue weighted by Crippen LogP contribution is 2.29. The zero-order valence-electron chi connectivity index (χ0n) is 6.23. The average molecular weight is 165 g/mol. The van der Waals surface area contributed by atoms with Crippen molar-refractivity contribution in [1.82, 2.24) is 0 Å². The van der Waals surface area contributed by atoms with Crippen LogP contribution >= 0.6 is 0 Å². The summed E-state index contributed by atoms with van der Waals surface area (Å²) in [6.45, 7) is 3.41. The van der Waals surface area contributed by atoms with Gasteiger partial charge >= 0.3 is 5.69 Å². The van der Waals surface area contributed by atoms with Crippen LogP contribution < -0.4 is 0 Å². The van der Waals surface area contributed by atoms with Crippen LogP contribution in [0, 0.1) is 10.1 Å². The third kappa shape index (κ3) is 1.27. The van der Waals surface area contributed by atoms with Gasteiger partial charge in [-0.3, -0.25) is 10.1 Å². The number of hydrogen-bond acceptors (Lipinski definition) is 3. The van der Waals surface area contributed by atoms with Gasteiger partial charge in [-0.15, -0.1) is 0 Å². The molecule has 0 saturated carbocycles. The number of phenolic OH excluding ortho intramolecular Hbond substituents is 1. The summed E-state index contributed by atoms with van der Waals surface area (Å²) in [6.07, 6.45) is 1.36. The molecule has 0 unspecified atom stereocenters. The largest absolute Gasteiger partial charge is 0.502 e. The highest BCUT2D eigenvalue weighted by molar-refractivity contribution is 5.62. The number of aromatic hydroxyl groups is 1. The van der Waals surface area contributed by atoms with Crippen molar-refractivity contribution < 1.29 is 10.0 Å². The van der Waals surface area contributed by atoms with Crippen LogP contribution in [0.3, 0.4) is 0 Å². The number of rotatable bonds is 2. The van der Waals surface area contributed by atoms with Crippen molar-refractivity contribution in [2.45, 2.75) is 0 Å². The van der Waals surface area contributed by atoms with Crippen molar-refractivity contribution >= 4 is 11.8 Å². The summed E-state index contributed by atoms with van der Waals surface area (Å²) in [5, 5.41) is 19.5. The monoisotopic (exact) mass is 165 g/mol. The first-order valence-electron chi connectivity index (χ1n) is 3.25. The summed E-state index contributed by atoms with van der Waals surface area (Å²) >= 11 is 0. The predicted molar refractivity (Wildman–Crippen MR) is 44.9 cm³/mol. The lowest BCUT2D eigenvalue weighted by Gasteiger charge is -1.98. The second-order valence-corrected chi connectivity index (χ2v) is 2.18. The Kier molecular flexibility index (Phi) is 2.09. The van der Waals surface area contributed by atoms with Crippen LogP contribution in [-0.4, -0.2) is 10.0 Å². The summed E-state index contributed by atoms with van der Waals surface area (Å²) in [5.74, 6) is -0.336. The molecule has 4 nitrogen and oxygen atoms in total. The molecule has 4 heteroatoms. The van der Waals surface area contributed by atoms with Gasteiger partial charge in [0, 0.05) is 11.6 Å². The summed E-state index contributed by atoms with van der Waals surface area (Å²) in [7, 11) is 0. The maximum absolute atomic E-state index is 10.3. The number of nitro groups is 1. The van der Waals surface area contributed by atoms with Crippen molar-refractivity contribution in [2.24, 2.45) is 0 Å². The van der Waals surface area contributed by atoms with Crippen LogP contribution in [0.2, 0.25) is 0 Å². The average Bonchev–Trinajstić information content (AvgIpc) is 2.04. The molecule has 62 valence electrons. The lowest BCUT2D eigenvalue weighted by Crippen LogP contribution is -1.89. The molecule has 0 aliphatic heterocycles. The Morgan fingerprint density at radius 3 is 2.75 bits per heavy atom. The molecular weight excluding hydrogens is 158 g/mol. The Morgan fingerprint density at radius 2 is 2.25 bits per heavy atom. The van der Waals surface area contributed by atoms with E-state index in [-0.39, 0.29) is 11.4 Å². The summed E-state index contributed by atoms with van der Waals surface area (Å²) in [4.78, 5) is 9.66. The minimum Gasteiger partial charge on any atom is -0.502 e. The number of nitrogens with zero attached hydrogens (tertiary/aromatic N) is 1. The number of hydrogen-bond donors (Lipinski definition) is 1. The van der Waals surface area contributed by atoms with Gasteiger partial charge in [0.05, 0.1) is 4.92 Å². The Morgan fingerprint density at radius 1 is 1.58 bits per heavy atom. The van der Waals surface area contributed by atoms with E-state index in [4.69, 9.17) is 0 Å². The molecular formula is C8H7NO3. The zero-order valence-corrected chi connectivity index (χ0v) is 6.23. The van der Waals surface area contributed by atoms with E-state index in [0.717, 1.165) is 0 Å². The van der Waals surface area contributed by atoms with Gasteiger partial charge in [0.2, 0.25) is 5.75 Å². The molecule has 0 saturated heterocycles. The fourth-order valence-corrected chi connectivity index (χ4v) is 0.861. The highest BCUT2D eigenvalue weighted by atomic mass is 16.6. The van der Waals surface area contributed by atoms with Crippen molar-refractivity contribution in [3.05, 3.63) is 40.5 Å². The topological polar surface area (TPSA) is 63.4 Å². The minimum absolute atomic E-state index is 0.299. The highest BCUT2D eigenvalue weighted by Gasteiger charge is 2.13. The molecule has 0 aliphatic carbocycles. The zero-order chi connectivity index (χ0) is 9.14. The molecule has 0 fully saturated rings. The van der Waals surface area contributed by atoms with Crippen LogP contribution in [-0.2, 0) is 0 Å². The van der Waals surface area contributed by atoms with E-state index in [1.807, 2.05) is 0 Å². The molecule has 0 amide bonds. The molecule has 1 N–H and O–H groups in total. The van der Waals surface area contributed by atoms with Crippen LogP contribution in [0.1, 0.15) is 5.56 Å². The Balaban J connectivity index is 3.32. The Labute approximate surface area is 68.9 Å². The molecule has 0 aliphatic rings. The first-order chi connectivity index (χ1) is 5.66. The maximum Gasteiger partial charge on any atom is 0.311 e. The number of phenols is 1. The van der Waals surface area contributed by atoms with E-state index < -0.39 is 4.92 Å². The third-order valence-electron chi connectivity index (χ3n) is 1.46. The van der Waals surface area contributed by atoms with Gasteiger partial charge in [0.25, 0.3) is 0 Å². The molecule has 1 aromatic rings. The normalized spacial score (nSPS) is 9.33. The smallest absolute Gasteiger partial charge is 0.311 e. The van der Waals surface area contributed by atoms with Gasteiger partial charge in [-0.05, 0) is 0 Å². The van der Waals surface area contributed by atoms with E-state index in [0.29, 0.717) is 5.56 Å². The Hall–Kier alpha value is -1.84. The van der Waals surface area contributed by atoms with Gasteiger partial charge in [-0.1, -0.05) is 24.8 Å². The number of para-hydroxylation sites is 1. The van der Waals surface area contributed by atoms with Crippen LogP contribution in [0.4, 0.5) is 5.69 Å². The van der Waals surface area contributed by atoms with Crippen molar-refractivity contribution in [1.29, 1.82) is 0 Å². The molecule has 1 aromatic carbocycles. The quantitative estimate of drug-likeness (QED) is 0.538. The molecule has 0 spiro atoms. The van der Waals surface area contributed by atoms with Gasteiger partial charge in [-0.2, -0.15) is 0 Å². The van der Waals surface area contributed by atoms with E-state index in [9.17, 15) is 15.2 Å².